The Morgan fingerprint density at radius 1 is 0.449 bits per heavy atom. The summed E-state index contributed by atoms with van der Waals surface area (Å²) >= 11 is 12.6. The maximum absolute atomic E-state index is 6.28. The number of anilines is 2. The molecular weight excluding hydrogens is 651 g/mol. The maximum Gasteiger partial charge on any atom is 0.119 e. The van der Waals surface area contributed by atoms with Crippen molar-refractivity contribution in [3.63, 3.8) is 0 Å². The molecule has 6 nitrogen and oxygen atoms in total. The van der Waals surface area contributed by atoms with Crippen LogP contribution in [0.15, 0.2) is 72.8 Å². The highest BCUT2D eigenvalue weighted by atomic mass is 35.5. The molecule has 2 heterocycles. The van der Waals surface area contributed by atoms with Gasteiger partial charge < -0.3 is 20.1 Å². The van der Waals surface area contributed by atoms with Gasteiger partial charge in [-0.25, -0.2) is 9.97 Å². The van der Waals surface area contributed by atoms with E-state index in [2.05, 4.69) is 34.9 Å². The van der Waals surface area contributed by atoms with Crippen LogP contribution in [0.25, 0.3) is 43.6 Å². The first-order chi connectivity index (χ1) is 24.0. The van der Waals surface area contributed by atoms with Gasteiger partial charge in [0.1, 0.15) is 11.5 Å². The van der Waals surface area contributed by atoms with Gasteiger partial charge in [-0.15, -0.1) is 0 Å². The molecule has 6 rings (SSSR count). The standard InChI is InChI=1S/C41H46Cl2N4O2/c1-48-30-16-20-36-34(26-30)40(32-18-14-28(42)24-38(32)46-36)44-22-12-10-8-6-4-3-5-7-9-11-13-23-45-41-33-19-15-29(43)25-39(33)47-37-21-17-31(49-2)27-35(37)41/h14-21,24-27H,3-13,22-23H2,1-2H3,(H,44,46)(H,45,47). The minimum atomic E-state index is 0.699. The molecule has 49 heavy (non-hydrogen) atoms. The molecule has 8 heteroatoms. The van der Waals surface area contributed by atoms with Gasteiger partial charge in [0, 0.05) is 44.7 Å². The summed E-state index contributed by atoms with van der Waals surface area (Å²) in [5.74, 6) is 1.67. The molecule has 0 spiro atoms. The van der Waals surface area contributed by atoms with Crippen molar-refractivity contribution in [2.24, 2.45) is 0 Å². The molecule has 0 aliphatic carbocycles. The number of fused-ring (bicyclic) bond motifs is 4. The predicted molar refractivity (Wildman–Crippen MR) is 209 cm³/mol. The van der Waals surface area contributed by atoms with Crippen molar-refractivity contribution in [2.45, 2.75) is 70.6 Å². The molecule has 0 fully saturated rings. The number of methoxy groups -OCH3 is 2. The summed E-state index contributed by atoms with van der Waals surface area (Å²) in [6, 6.07) is 23.9. The van der Waals surface area contributed by atoms with Crippen LogP contribution in [-0.2, 0) is 0 Å². The molecule has 0 saturated heterocycles. The van der Waals surface area contributed by atoms with E-state index in [1.807, 2.05) is 48.5 Å². The topological polar surface area (TPSA) is 68.3 Å². The average molecular weight is 698 g/mol. The van der Waals surface area contributed by atoms with Crippen LogP contribution in [0.2, 0.25) is 10.0 Å². The second-order valence-corrected chi connectivity index (χ2v) is 13.7. The number of pyridine rings is 2. The Bertz CT molecular complexity index is 1890. The summed E-state index contributed by atoms with van der Waals surface area (Å²) in [6.45, 7) is 1.86. The highest BCUT2D eigenvalue weighted by Crippen LogP contribution is 2.36. The summed E-state index contributed by atoms with van der Waals surface area (Å²) in [4.78, 5) is 9.67. The highest BCUT2D eigenvalue weighted by Gasteiger charge is 2.12. The molecule has 2 aromatic heterocycles. The molecule has 0 bridgehead atoms. The smallest absolute Gasteiger partial charge is 0.119 e. The molecule has 0 saturated carbocycles. The van der Waals surface area contributed by atoms with Crippen molar-refractivity contribution >= 4 is 78.2 Å². The zero-order valence-electron chi connectivity index (χ0n) is 28.6. The van der Waals surface area contributed by atoms with Gasteiger partial charge in [0.05, 0.1) is 47.7 Å². The molecular formula is C41H46Cl2N4O2. The van der Waals surface area contributed by atoms with Crippen molar-refractivity contribution in [1.29, 1.82) is 0 Å². The number of hydrogen-bond acceptors (Lipinski definition) is 6. The molecule has 0 unspecified atom stereocenters. The Labute approximate surface area is 299 Å². The average Bonchev–Trinajstić information content (AvgIpc) is 3.11. The van der Waals surface area contributed by atoms with Crippen LogP contribution in [0.4, 0.5) is 11.4 Å². The number of ether oxygens (including phenoxy) is 2. The quantitative estimate of drug-likeness (QED) is 0.0688. The second kappa shape index (κ2) is 17.1. The molecule has 6 aromatic rings. The molecule has 2 N–H and O–H groups in total. The Hall–Kier alpha value is -4.00. The van der Waals surface area contributed by atoms with E-state index in [-0.39, 0.29) is 0 Å². The van der Waals surface area contributed by atoms with E-state index in [4.69, 9.17) is 42.6 Å². The first kappa shape index (κ1) is 34.8. The summed E-state index contributed by atoms with van der Waals surface area (Å²) < 4.78 is 11.0. The van der Waals surface area contributed by atoms with E-state index in [1.165, 1.54) is 57.8 Å². The molecule has 4 aromatic carbocycles. The van der Waals surface area contributed by atoms with Crippen LogP contribution in [0, 0.1) is 0 Å². The van der Waals surface area contributed by atoms with E-state index in [0.29, 0.717) is 10.0 Å². The van der Waals surface area contributed by atoms with Crippen molar-refractivity contribution in [3.8, 4) is 11.5 Å². The summed E-state index contributed by atoms with van der Waals surface area (Å²) in [5.41, 5.74) is 5.91. The lowest BCUT2D eigenvalue weighted by Crippen LogP contribution is -2.04. The van der Waals surface area contributed by atoms with Crippen LogP contribution in [0.5, 0.6) is 11.5 Å². The van der Waals surface area contributed by atoms with Crippen molar-refractivity contribution < 1.29 is 9.47 Å². The lowest BCUT2D eigenvalue weighted by atomic mass is 10.0. The maximum atomic E-state index is 6.28. The monoisotopic (exact) mass is 696 g/mol. The number of unbranched alkanes of at least 4 members (excludes halogenated alkanes) is 10. The van der Waals surface area contributed by atoms with E-state index >= 15 is 0 Å². The number of halogens is 2. The number of nitrogens with zero attached hydrogens (tertiary/aromatic N) is 2. The third-order valence-corrected chi connectivity index (χ3v) is 9.81. The fourth-order valence-electron chi connectivity index (χ4n) is 6.70. The summed E-state index contributed by atoms with van der Waals surface area (Å²) in [5, 5.41) is 13.2. The molecule has 0 aliphatic rings. The van der Waals surface area contributed by atoms with E-state index in [1.54, 1.807) is 14.2 Å². The van der Waals surface area contributed by atoms with Gasteiger partial charge in [0.2, 0.25) is 0 Å². The number of nitrogens with one attached hydrogen (secondary N) is 2. The number of hydrogen-bond donors (Lipinski definition) is 2. The second-order valence-electron chi connectivity index (χ2n) is 12.8. The third-order valence-electron chi connectivity index (χ3n) is 9.34. The van der Waals surface area contributed by atoms with E-state index in [0.717, 1.165) is 92.4 Å². The normalized spacial score (nSPS) is 11.5. The Morgan fingerprint density at radius 3 is 1.22 bits per heavy atom. The molecule has 0 amide bonds. The molecule has 0 atom stereocenters. The number of aromatic nitrogens is 2. The van der Waals surface area contributed by atoms with Gasteiger partial charge in [-0.3, -0.25) is 0 Å². The largest absolute Gasteiger partial charge is 0.497 e. The van der Waals surface area contributed by atoms with E-state index < -0.39 is 0 Å². The SMILES string of the molecule is COc1ccc2nc3cc(Cl)ccc3c(NCCCCCCCCCCCCCNc3c4ccc(Cl)cc4nc4ccc(OC)cc34)c2c1. The van der Waals surface area contributed by atoms with Gasteiger partial charge in [-0.1, -0.05) is 81.0 Å². The molecule has 0 radical (unpaired) electrons. The minimum Gasteiger partial charge on any atom is -0.497 e. The van der Waals surface area contributed by atoms with Gasteiger partial charge in [-0.2, -0.15) is 0 Å². The third kappa shape index (κ3) is 8.78. The van der Waals surface area contributed by atoms with Crippen molar-refractivity contribution in [3.05, 3.63) is 82.8 Å². The highest BCUT2D eigenvalue weighted by molar-refractivity contribution is 6.32. The Morgan fingerprint density at radius 2 is 0.837 bits per heavy atom. The van der Waals surface area contributed by atoms with Crippen LogP contribution in [-0.4, -0.2) is 37.3 Å². The summed E-state index contributed by atoms with van der Waals surface area (Å²) in [7, 11) is 3.40. The first-order valence-electron chi connectivity index (χ1n) is 17.7. The number of benzene rings is 4. The van der Waals surface area contributed by atoms with Gasteiger partial charge >= 0.3 is 0 Å². The van der Waals surface area contributed by atoms with Crippen molar-refractivity contribution in [1.82, 2.24) is 9.97 Å². The lowest BCUT2D eigenvalue weighted by molar-refractivity contribution is 0.415. The zero-order valence-corrected chi connectivity index (χ0v) is 30.1. The fourth-order valence-corrected chi connectivity index (χ4v) is 7.03. The molecule has 256 valence electrons. The lowest BCUT2D eigenvalue weighted by Gasteiger charge is -2.14. The van der Waals surface area contributed by atoms with Crippen LogP contribution >= 0.6 is 23.2 Å². The van der Waals surface area contributed by atoms with E-state index in [9.17, 15) is 0 Å². The fraction of sp³-hybridized carbons (Fsp3) is 0.366. The van der Waals surface area contributed by atoms with Gasteiger partial charge in [-0.05, 0) is 85.6 Å². The zero-order chi connectivity index (χ0) is 34.0. The first-order valence-corrected chi connectivity index (χ1v) is 18.4. The Balaban J connectivity index is 0.864. The molecule has 0 aliphatic heterocycles. The van der Waals surface area contributed by atoms with Crippen LogP contribution < -0.4 is 20.1 Å². The van der Waals surface area contributed by atoms with Crippen LogP contribution in [0.1, 0.15) is 70.6 Å². The van der Waals surface area contributed by atoms with Gasteiger partial charge in [0.25, 0.3) is 0 Å². The summed E-state index contributed by atoms with van der Waals surface area (Å²) in [6.07, 6.45) is 13.9. The minimum absolute atomic E-state index is 0.699. The van der Waals surface area contributed by atoms with Gasteiger partial charge in [0.15, 0.2) is 0 Å². The Kier molecular flexibility index (Phi) is 12.2. The predicted octanol–water partition coefficient (Wildman–Crippen LogP) is 12.2. The van der Waals surface area contributed by atoms with Crippen LogP contribution in [0.3, 0.4) is 0 Å². The van der Waals surface area contributed by atoms with Crippen molar-refractivity contribution in [2.75, 3.05) is 37.9 Å². The number of rotatable bonds is 18.